The number of hydrogen-bond donors (Lipinski definition) is 2. The summed E-state index contributed by atoms with van der Waals surface area (Å²) >= 11 is 11.5. The van der Waals surface area contributed by atoms with Crippen molar-refractivity contribution in [3.63, 3.8) is 0 Å². The van der Waals surface area contributed by atoms with Crippen LogP contribution in [0.25, 0.3) is 0 Å². The molecule has 2 aliphatic heterocycles. The fraction of sp³-hybridized carbons (Fsp3) is 0.400. The molecule has 0 bridgehead atoms. The molecule has 34 heavy (non-hydrogen) atoms. The van der Waals surface area contributed by atoms with Gasteiger partial charge in [0.05, 0.1) is 24.3 Å². The molecule has 0 aliphatic carbocycles. The van der Waals surface area contributed by atoms with E-state index in [0.717, 1.165) is 12.1 Å². The molecule has 0 radical (unpaired) electrons. The summed E-state index contributed by atoms with van der Waals surface area (Å²) in [5.74, 6) is -4.10. The number of methoxy groups -OCH3 is 2. The summed E-state index contributed by atoms with van der Waals surface area (Å²) < 4.78 is 95.4. The highest BCUT2D eigenvalue weighted by Gasteiger charge is 2.53. The van der Waals surface area contributed by atoms with Crippen molar-refractivity contribution in [3.05, 3.63) is 45.4 Å². The van der Waals surface area contributed by atoms with Gasteiger partial charge in [-0.25, -0.2) is 0 Å². The van der Waals surface area contributed by atoms with Gasteiger partial charge in [0, 0.05) is 23.3 Å². The number of ether oxygens (including phenoxy) is 4. The number of halogens is 8. The Labute approximate surface area is 198 Å². The Bertz CT molecular complexity index is 978. The van der Waals surface area contributed by atoms with Crippen LogP contribution in [-0.2, 0) is 0 Å². The third kappa shape index (κ3) is 5.04. The zero-order chi connectivity index (χ0) is 25.6. The summed E-state index contributed by atoms with van der Waals surface area (Å²) in [5.41, 5.74) is -0.350. The van der Waals surface area contributed by atoms with E-state index in [1.165, 1.54) is 26.4 Å². The van der Waals surface area contributed by atoms with Crippen LogP contribution in [0.15, 0.2) is 24.3 Å². The normalized spacial score (nSPS) is 23.2. The van der Waals surface area contributed by atoms with Gasteiger partial charge in [-0.2, -0.15) is 26.3 Å². The molecule has 6 nitrogen and oxygen atoms in total. The molecular weight excluding hydrogens is 521 g/mol. The van der Waals surface area contributed by atoms with Crippen molar-refractivity contribution in [1.82, 2.24) is 0 Å². The minimum atomic E-state index is -4.59. The van der Waals surface area contributed by atoms with Gasteiger partial charge < -0.3 is 29.2 Å². The summed E-state index contributed by atoms with van der Waals surface area (Å²) in [6.07, 6.45) is -13.1. The number of fused-ring (bicyclic) bond motifs is 2. The van der Waals surface area contributed by atoms with E-state index < -0.39 is 36.8 Å². The third-order valence-corrected chi connectivity index (χ3v) is 5.60. The van der Waals surface area contributed by atoms with E-state index in [4.69, 9.17) is 42.1 Å². The van der Waals surface area contributed by atoms with Crippen molar-refractivity contribution in [2.24, 2.45) is 0 Å². The summed E-state index contributed by atoms with van der Waals surface area (Å²) in [4.78, 5) is 0. The zero-order valence-corrected chi connectivity index (χ0v) is 18.7. The molecule has 0 saturated carbocycles. The average Bonchev–Trinajstić information content (AvgIpc) is 3.20. The van der Waals surface area contributed by atoms with Gasteiger partial charge in [0.15, 0.2) is 0 Å². The van der Waals surface area contributed by atoms with Gasteiger partial charge >= 0.3 is 12.4 Å². The Hall–Kier alpha value is -2.28. The van der Waals surface area contributed by atoms with E-state index in [1.807, 2.05) is 0 Å². The van der Waals surface area contributed by atoms with Crippen molar-refractivity contribution in [1.29, 1.82) is 0 Å². The number of hydrogen-bond acceptors (Lipinski definition) is 6. The molecule has 2 heterocycles. The summed E-state index contributed by atoms with van der Waals surface area (Å²) in [6, 6.07) is 4.66. The van der Waals surface area contributed by atoms with E-state index in [0.29, 0.717) is 0 Å². The van der Waals surface area contributed by atoms with Crippen molar-refractivity contribution >= 4 is 23.2 Å². The Balaban J connectivity index is 0.000000191. The first-order valence-corrected chi connectivity index (χ1v) is 10.0. The number of rotatable bonds is 2. The van der Waals surface area contributed by atoms with Crippen molar-refractivity contribution in [2.45, 2.75) is 36.8 Å². The third-order valence-electron chi connectivity index (χ3n) is 5.01. The standard InChI is InChI=1S/2C10H8ClF3O3/c2*1-16-7-2-4-6(3-5(7)11)17-9(15)8(4)10(12,13)14/h2*2-3,8-9,15H,1H3/t2*8-,9-/m10/s1. The highest BCUT2D eigenvalue weighted by atomic mass is 35.5. The minimum absolute atomic E-state index is 0.0781. The lowest BCUT2D eigenvalue weighted by Gasteiger charge is -2.17. The monoisotopic (exact) mass is 536 g/mol. The lowest BCUT2D eigenvalue weighted by molar-refractivity contribution is -0.193. The smallest absolute Gasteiger partial charge is 0.401 e. The van der Waals surface area contributed by atoms with Crippen LogP contribution in [0.1, 0.15) is 23.0 Å². The molecule has 2 aromatic carbocycles. The summed E-state index contributed by atoms with van der Waals surface area (Å²) in [6.45, 7) is 0. The maximum absolute atomic E-state index is 12.7. The van der Waals surface area contributed by atoms with Gasteiger partial charge in [0.2, 0.25) is 12.6 Å². The lowest BCUT2D eigenvalue weighted by atomic mass is 9.99. The van der Waals surface area contributed by atoms with Crippen LogP contribution in [0, 0.1) is 0 Å². The SMILES string of the molecule is COc1cc2c(cc1Cl)O[C@@H](O)[C@@H]2C(F)(F)F.COc1cc2c(cc1Cl)O[C@H](O)[C@H]2C(F)(F)F. The quantitative estimate of drug-likeness (QED) is 0.500. The minimum Gasteiger partial charge on any atom is -0.495 e. The Kier molecular flexibility index (Phi) is 7.28. The van der Waals surface area contributed by atoms with Crippen LogP contribution in [0.3, 0.4) is 0 Å². The van der Waals surface area contributed by atoms with Gasteiger partial charge in [-0.1, -0.05) is 23.2 Å². The fourth-order valence-electron chi connectivity index (χ4n) is 3.48. The van der Waals surface area contributed by atoms with Crippen LogP contribution in [-0.4, -0.2) is 49.4 Å². The molecule has 188 valence electrons. The predicted molar refractivity (Wildman–Crippen MR) is 107 cm³/mol. The van der Waals surface area contributed by atoms with Crippen LogP contribution in [0.2, 0.25) is 10.0 Å². The van der Waals surface area contributed by atoms with Crippen molar-refractivity contribution in [3.8, 4) is 23.0 Å². The largest absolute Gasteiger partial charge is 0.495 e. The lowest BCUT2D eigenvalue weighted by Crippen LogP contribution is -2.30. The molecule has 0 aromatic heterocycles. The first-order chi connectivity index (χ1) is 15.7. The maximum Gasteiger partial charge on any atom is 0.401 e. The molecule has 0 spiro atoms. The Morgan fingerprint density at radius 3 is 1.29 bits per heavy atom. The molecule has 2 aliphatic rings. The first kappa shape index (κ1) is 26.3. The molecule has 2 aromatic rings. The molecule has 4 atom stereocenters. The predicted octanol–water partition coefficient (Wildman–Crippen LogP) is 5.41. The number of aliphatic hydroxyl groups is 2. The Morgan fingerprint density at radius 1 is 0.706 bits per heavy atom. The van der Waals surface area contributed by atoms with Gasteiger partial charge in [0.25, 0.3) is 0 Å². The highest BCUT2D eigenvalue weighted by Crippen LogP contribution is 2.50. The van der Waals surface area contributed by atoms with Crippen molar-refractivity contribution < 1.29 is 55.5 Å². The Morgan fingerprint density at radius 2 is 1.03 bits per heavy atom. The summed E-state index contributed by atoms with van der Waals surface area (Å²) in [5, 5.41) is 18.8. The summed E-state index contributed by atoms with van der Waals surface area (Å²) in [7, 11) is 2.59. The molecule has 0 saturated heterocycles. The molecule has 0 fully saturated rings. The second kappa shape index (κ2) is 9.40. The van der Waals surface area contributed by atoms with Crippen LogP contribution < -0.4 is 18.9 Å². The fourth-order valence-corrected chi connectivity index (χ4v) is 3.95. The molecular formula is C20H16Cl2F6O6. The molecule has 2 N–H and O–H groups in total. The van der Waals surface area contributed by atoms with Crippen LogP contribution in [0.5, 0.6) is 23.0 Å². The van der Waals surface area contributed by atoms with Crippen LogP contribution in [0.4, 0.5) is 26.3 Å². The topological polar surface area (TPSA) is 77.4 Å². The van der Waals surface area contributed by atoms with Gasteiger partial charge in [0.1, 0.15) is 34.8 Å². The van der Waals surface area contributed by atoms with E-state index >= 15 is 0 Å². The molecule has 4 rings (SSSR count). The number of alkyl halides is 6. The van der Waals surface area contributed by atoms with E-state index in [-0.39, 0.29) is 44.2 Å². The second-order valence-electron chi connectivity index (χ2n) is 7.10. The van der Waals surface area contributed by atoms with Crippen LogP contribution >= 0.6 is 23.2 Å². The van der Waals surface area contributed by atoms with E-state index in [1.54, 1.807) is 0 Å². The second-order valence-corrected chi connectivity index (χ2v) is 7.92. The maximum atomic E-state index is 12.7. The van der Waals surface area contributed by atoms with Gasteiger partial charge in [-0.3, -0.25) is 0 Å². The highest BCUT2D eigenvalue weighted by molar-refractivity contribution is 6.32. The zero-order valence-electron chi connectivity index (χ0n) is 17.2. The molecule has 0 unspecified atom stereocenters. The molecule has 14 heteroatoms. The first-order valence-electron chi connectivity index (χ1n) is 9.26. The number of aliphatic hydroxyl groups excluding tert-OH is 2. The average molecular weight is 537 g/mol. The van der Waals surface area contributed by atoms with Gasteiger partial charge in [-0.15, -0.1) is 0 Å². The van der Waals surface area contributed by atoms with Gasteiger partial charge in [-0.05, 0) is 12.1 Å². The number of benzene rings is 2. The van der Waals surface area contributed by atoms with E-state index in [9.17, 15) is 36.6 Å². The van der Waals surface area contributed by atoms with Crippen molar-refractivity contribution in [2.75, 3.05) is 14.2 Å². The van der Waals surface area contributed by atoms with E-state index in [2.05, 4.69) is 0 Å². The molecule has 0 amide bonds.